The van der Waals surface area contributed by atoms with Gasteiger partial charge in [0.25, 0.3) is 0 Å². The summed E-state index contributed by atoms with van der Waals surface area (Å²) in [6.45, 7) is 6.15. The van der Waals surface area contributed by atoms with E-state index < -0.39 is 0 Å². The minimum Gasteiger partial charge on any atom is -0.339 e. The number of carbonyl (C=O) groups excluding carboxylic acids is 1. The van der Waals surface area contributed by atoms with Gasteiger partial charge in [0.2, 0.25) is 11.8 Å². The first-order chi connectivity index (χ1) is 15.9. The van der Waals surface area contributed by atoms with Crippen LogP contribution in [0.25, 0.3) is 22.4 Å². The minimum absolute atomic E-state index is 0.00141. The zero-order valence-electron chi connectivity index (χ0n) is 19.3. The summed E-state index contributed by atoms with van der Waals surface area (Å²) in [6, 6.07) is 8.04. The average molecular weight is 464 g/mol. The monoisotopic (exact) mass is 463 g/mol. The molecule has 5 rings (SSSR count). The van der Waals surface area contributed by atoms with E-state index in [1.807, 2.05) is 24.3 Å². The van der Waals surface area contributed by atoms with Crippen molar-refractivity contribution in [3.05, 3.63) is 46.4 Å². The third-order valence-corrected chi connectivity index (χ3v) is 7.19. The molecule has 0 spiro atoms. The van der Waals surface area contributed by atoms with E-state index in [0.717, 1.165) is 40.3 Å². The Kier molecular flexibility index (Phi) is 5.78. The molecule has 1 aliphatic carbocycles. The maximum absolute atomic E-state index is 12.8. The molecule has 1 aromatic carbocycles. The molecular weight excluding hydrogens is 434 g/mol. The Hall–Kier alpha value is -3.00. The van der Waals surface area contributed by atoms with E-state index in [4.69, 9.17) is 9.51 Å². The Labute approximate surface area is 197 Å². The standard InChI is InChI=1S/C25H29N5O2S/c1-25(2,3)24-29-20(32-30-24)14-8-13-19(31)28-23-21(15-9-4-7-12-18(15)33-23)22-26-16-10-5-6-11-17(16)27-22/h5-6,10-11H,4,7-9,12-14H2,1-3H3,(H,26,27)(H,28,31). The quantitative estimate of drug-likeness (QED) is 0.376. The molecule has 2 N–H and O–H groups in total. The number of imidazole rings is 1. The predicted octanol–water partition coefficient (Wildman–Crippen LogP) is 5.81. The number of carbonyl (C=O) groups is 1. The molecule has 0 radical (unpaired) electrons. The molecule has 0 aliphatic heterocycles. The molecule has 0 fully saturated rings. The number of aromatic amines is 1. The van der Waals surface area contributed by atoms with E-state index >= 15 is 0 Å². The van der Waals surface area contributed by atoms with E-state index in [2.05, 4.69) is 41.2 Å². The SMILES string of the molecule is CC(C)(C)c1noc(CCCC(=O)Nc2sc3c(c2-c2nc4ccccc4[nH]2)CCCC3)n1. The summed E-state index contributed by atoms with van der Waals surface area (Å²) >= 11 is 1.70. The molecule has 0 bridgehead atoms. The van der Waals surface area contributed by atoms with Gasteiger partial charge in [-0.05, 0) is 49.8 Å². The number of benzene rings is 1. The van der Waals surface area contributed by atoms with Gasteiger partial charge in [-0.1, -0.05) is 38.1 Å². The lowest BCUT2D eigenvalue weighted by molar-refractivity contribution is -0.116. The van der Waals surface area contributed by atoms with Crippen molar-refractivity contribution in [3.63, 3.8) is 0 Å². The van der Waals surface area contributed by atoms with Crippen molar-refractivity contribution in [2.75, 3.05) is 5.32 Å². The van der Waals surface area contributed by atoms with Gasteiger partial charge < -0.3 is 14.8 Å². The first-order valence-corrected chi connectivity index (χ1v) is 12.4. The molecule has 172 valence electrons. The Balaban J connectivity index is 1.31. The molecule has 0 saturated heterocycles. The summed E-state index contributed by atoms with van der Waals surface area (Å²) in [6.07, 6.45) is 6.11. The van der Waals surface area contributed by atoms with Crippen LogP contribution in [0.1, 0.15) is 68.6 Å². The number of anilines is 1. The van der Waals surface area contributed by atoms with Crippen LogP contribution in [0.5, 0.6) is 0 Å². The Bertz CT molecular complexity index is 1260. The van der Waals surface area contributed by atoms with E-state index in [-0.39, 0.29) is 11.3 Å². The Morgan fingerprint density at radius 2 is 2.00 bits per heavy atom. The van der Waals surface area contributed by atoms with Crippen LogP contribution < -0.4 is 5.32 Å². The van der Waals surface area contributed by atoms with Crippen molar-refractivity contribution in [2.45, 2.75) is 71.1 Å². The summed E-state index contributed by atoms with van der Waals surface area (Å²) in [5.74, 6) is 2.12. The van der Waals surface area contributed by atoms with Gasteiger partial charge >= 0.3 is 0 Å². The fourth-order valence-electron chi connectivity index (χ4n) is 4.23. The average Bonchev–Trinajstić information content (AvgIpc) is 3.49. The van der Waals surface area contributed by atoms with E-state index in [1.165, 1.54) is 23.3 Å². The summed E-state index contributed by atoms with van der Waals surface area (Å²) in [5.41, 5.74) is 4.20. The van der Waals surface area contributed by atoms with Crippen LogP contribution in [0.15, 0.2) is 28.8 Å². The van der Waals surface area contributed by atoms with Crippen molar-refractivity contribution < 1.29 is 9.32 Å². The van der Waals surface area contributed by atoms with Crippen LogP contribution in [0.2, 0.25) is 0 Å². The van der Waals surface area contributed by atoms with Crippen molar-refractivity contribution >= 4 is 33.3 Å². The van der Waals surface area contributed by atoms with Crippen LogP contribution in [0.3, 0.4) is 0 Å². The number of fused-ring (bicyclic) bond motifs is 2. The second kappa shape index (κ2) is 8.74. The van der Waals surface area contributed by atoms with Gasteiger partial charge in [0.15, 0.2) is 5.82 Å². The molecule has 0 saturated carbocycles. The number of aryl methyl sites for hydroxylation is 2. The number of H-pyrrole nitrogens is 1. The molecule has 8 heteroatoms. The number of amides is 1. The van der Waals surface area contributed by atoms with E-state index in [0.29, 0.717) is 31.0 Å². The summed E-state index contributed by atoms with van der Waals surface area (Å²) in [5, 5.41) is 8.14. The van der Waals surface area contributed by atoms with Gasteiger partial charge in [0.05, 0.1) is 16.6 Å². The number of hydrogen-bond acceptors (Lipinski definition) is 6. The number of thiophene rings is 1. The molecule has 33 heavy (non-hydrogen) atoms. The first-order valence-electron chi connectivity index (χ1n) is 11.6. The molecular formula is C25H29N5O2S. The highest BCUT2D eigenvalue weighted by molar-refractivity contribution is 7.17. The minimum atomic E-state index is -0.148. The highest BCUT2D eigenvalue weighted by Crippen LogP contribution is 2.43. The fourth-order valence-corrected chi connectivity index (χ4v) is 5.53. The number of nitrogens with zero attached hydrogens (tertiary/aromatic N) is 3. The van der Waals surface area contributed by atoms with Crippen LogP contribution in [0.4, 0.5) is 5.00 Å². The maximum Gasteiger partial charge on any atom is 0.226 e. The van der Waals surface area contributed by atoms with Crippen LogP contribution in [0, 0.1) is 0 Å². The van der Waals surface area contributed by atoms with Crippen molar-refractivity contribution in [1.29, 1.82) is 0 Å². The summed E-state index contributed by atoms with van der Waals surface area (Å²) < 4.78 is 5.35. The first kappa shape index (κ1) is 21.8. The van der Waals surface area contributed by atoms with Crippen molar-refractivity contribution in [1.82, 2.24) is 20.1 Å². The van der Waals surface area contributed by atoms with Gasteiger partial charge in [-0.3, -0.25) is 4.79 Å². The number of hydrogen-bond donors (Lipinski definition) is 2. The number of nitrogens with one attached hydrogen (secondary N) is 2. The lowest BCUT2D eigenvalue weighted by atomic mass is 9.95. The second-order valence-electron chi connectivity index (χ2n) is 9.68. The van der Waals surface area contributed by atoms with Gasteiger partial charge in [-0.25, -0.2) is 4.98 Å². The van der Waals surface area contributed by atoms with Gasteiger partial charge in [0, 0.05) is 23.1 Å². The molecule has 4 aromatic rings. The number of rotatable bonds is 6. The summed E-state index contributed by atoms with van der Waals surface area (Å²) in [7, 11) is 0. The number of aromatic nitrogens is 4. The Morgan fingerprint density at radius 1 is 1.18 bits per heavy atom. The molecule has 3 aromatic heterocycles. The normalized spacial score (nSPS) is 13.9. The highest BCUT2D eigenvalue weighted by Gasteiger charge is 2.25. The lowest BCUT2D eigenvalue weighted by Crippen LogP contribution is -2.13. The predicted molar refractivity (Wildman–Crippen MR) is 131 cm³/mol. The van der Waals surface area contributed by atoms with Crippen molar-refractivity contribution in [3.8, 4) is 11.4 Å². The zero-order valence-corrected chi connectivity index (χ0v) is 20.1. The highest BCUT2D eigenvalue weighted by atomic mass is 32.1. The van der Waals surface area contributed by atoms with Gasteiger partial charge in [0.1, 0.15) is 10.8 Å². The third-order valence-electron chi connectivity index (χ3n) is 5.98. The molecule has 1 amide bonds. The molecule has 7 nitrogen and oxygen atoms in total. The molecule has 1 aliphatic rings. The fraction of sp³-hybridized carbons (Fsp3) is 0.440. The smallest absolute Gasteiger partial charge is 0.226 e. The van der Waals surface area contributed by atoms with Gasteiger partial charge in [-0.2, -0.15) is 4.98 Å². The second-order valence-corrected chi connectivity index (χ2v) is 10.8. The summed E-state index contributed by atoms with van der Waals surface area (Å²) in [4.78, 5) is 26.9. The largest absolute Gasteiger partial charge is 0.339 e. The Morgan fingerprint density at radius 3 is 2.79 bits per heavy atom. The van der Waals surface area contributed by atoms with Crippen molar-refractivity contribution in [2.24, 2.45) is 0 Å². The molecule has 3 heterocycles. The lowest BCUT2D eigenvalue weighted by Gasteiger charge is -2.12. The third kappa shape index (κ3) is 4.57. The van der Waals surface area contributed by atoms with Crippen LogP contribution in [-0.2, 0) is 29.5 Å². The zero-order chi connectivity index (χ0) is 23.0. The van der Waals surface area contributed by atoms with E-state index in [1.54, 1.807) is 11.3 Å². The molecule has 0 atom stereocenters. The van der Waals surface area contributed by atoms with Crippen LogP contribution in [-0.4, -0.2) is 26.0 Å². The van der Waals surface area contributed by atoms with Crippen LogP contribution >= 0.6 is 11.3 Å². The molecule has 0 unspecified atom stereocenters. The van der Waals surface area contributed by atoms with Gasteiger partial charge in [-0.15, -0.1) is 11.3 Å². The maximum atomic E-state index is 12.8. The topological polar surface area (TPSA) is 96.7 Å². The van der Waals surface area contributed by atoms with E-state index in [9.17, 15) is 4.79 Å². The number of para-hydroxylation sites is 2.